The zero-order chi connectivity index (χ0) is 12.7. The predicted octanol–water partition coefficient (Wildman–Crippen LogP) is 1.63. The highest BCUT2D eigenvalue weighted by atomic mass is 32.1. The lowest BCUT2D eigenvalue weighted by atomic mass is 10.1. The molecule has 0 aliphatic rings. The van der Waals surface area contributed by atoms with Crippen molar-refractivity contribution in [1.29, 1.82) is 0 Å². The van der Waals surface area contributed by atoms with Gasteiger partial charge in [-0.25, -0.2) is 4.98 Å². The Morgan fingerprint density at radius 1 is 1.65 bits per heavy atom. The van der Waals surface area contributed by atoms with Crippen LogP contribution in [0.15, 0.2) is 5.38 Å². The Morgan fingerprint density at radius 2 is 2.41 bits per heavy atom. The molecule has 0 aromatic carbocycles. The maximum absolute atomic E-state index is 11.6. The molecule has 0 fully saturated rings. The molecule has 0 spiro atoms. The van der Waals surface area contributed by atoms with Crippen LogP contribution in [-0.4, -0.2) is 23.5 Å². The molecule has 0 aliphatic carbocycles. The smallest absolute Gasteiger partial charge is 0.236 e. The molecule has 0 saturated heterocycles. The Balaban J connectivity index is 2.19. The van der Waals surface area contributed by atoms with E-state index < -0.39 is 0 Å². The molecule has 1 atom stereocenters. The molecule has 1 amide bonds. The third-order valence-electron chi connectivity index (χ3n) is 2.51. The van der Waals surface area contributed by atoms with Crippen LogP contribution in [0.25, 0.3) is 0 Å². The lowest BCUT2D eigenvalue weighted by Crippen LogP contribution is -2.41. The standard InChI is InChI=1S/C12H21N3OS/c1-3-4-5-10(13)12(16)14-7-6-11-15-9(2)8-17-11/h8,10H,3-7,13H2,1-2H3,(H,14,16). The summed E-state index contributed by atoms with van der Waals surface area (Å²) in [5.41, 5.74) is 6.80. The van der Waals surface area contributed by atoms with Gasteiger partial charge < -0.3 is 11.1 Å². The fourth-order valence-corrected chi connectivity index (χ4v) is 2.27. The molecule has 1 aromatic heterocycles. The average molecular weight is 255 g/mol. The van der Waals surface area contributed by atoms with Gasteiger partial charge in [0.15, 0.2) is 0 Å². The van der Waals surface area contributed by atoms with Crippen LogP contribution in [0.5, 0.6) is 0 Å². The maximum Gasteiger partial charge on any atom is 0.236 e. The van der Waals surface area contributed by atoms with Crippen molar-refractivity contribution in [2.45, 2.75) is 45.6 Å². The van der Waals surface area contributed by atoms with Crippen molar-refractivity contribution in [2.24, 2.45) is 5.73 Å². The summed E-state index contributed by atoms with van der Waals surface area (Å²) in [6.45, 7) is 4.68. The fourth-order valence-electron chi connectivity index (χ4n) is 1.50. The van der Waals surface area contributed by atoms with Crippen LogP contribution in [0, 0.1) is 6.92 Å². The third-order valence-corrected chi connectivity index (χ3v) is 3.54. The van der Waals surface area contributed by atoms with Gasteiger partial charge in [0, 0.05) is 24.0 Å². The lowest BCUT2D eigenvalue weighted by Gasteiger charge is -2.10. The van der Waals surface area contributed by atoms with Crippen molar-refractivity contribution in [3.63, 3.8) is 0 Å². The minimum Gasteiger partial charge on any atom is -0.354 e. The number of aryl methyl sites for hydroxylation is 1. The van der Waals surface area contributed by atoms with Crippen molar-refractivity contribution in [3.8, 4) is 0 Å². The summed E-state index contributed by atoms with van der Waals surface area (Å²) in [5.74, 6) is -0.0493. The number of rotatable bonds is 7. The minimum absolute atomic E-state index is 0.0493. The largest absolute Gasteiger partial charge is 0.354 e. The number of nitrogens with two attached hydrogens (primary N) is 1. The number of nitrogens with one attached hydrogen (secondary N) is 1. The van der Waals surface area contributed by atoms with Gasteiger partial charge in [0.25, 0.3) is 0 Å². The number of carbonyl (C=O) groups is 1. The first-order chi connectivity index (χ1) is 8.13. The monoisotopic (exact) mass is 255 g/mol. The fraction of sp³-hybridized carbons (Fsp3) is 0.667. The molecule has 1 heterocycles. The Hall–Kier alpha value is -0.940. The molecular formula is C12H21N3OS. The Morgan fingerprint density at radius 3 is 3.00 bits per heavy atom. The van der Waals surface area contributed by atoms with E-state index in [4.69, 9.17) is 5.73 Å². The number of aromatic nitrogens is 1. The number of amides is 1. The summed E-state index contributed by atoms with van der Waals surface area (Å²) in [7, 11) is 0. The van der Waals surface area contributed by atoms with E-state index in [9.17, 15) is 4.79 Å². The second-order valence-electron chi connectivity index (χ2n) is 4.17. The van der Waals surface area contributed by atoms with Crippen LogP contribution < -0.4 is 11.1 Å². The van der Waals surface area contributed by atoms with Crippen molar-refractivity contribution < 1.29 is 4.79 Å². The maximum atomic E-state index is 11.6. The molecule has 0 saturated carbocycles. The molecular weight excluding hydrogens is 234 g/mol. The van der Waals surface area contributed by atoms with Gasteiger partial charge in [-0.3, -0.25) is 4.79 Å². The highest BCUT2D eigenvalue weighted by Crippen LogP contribution is 2.08. The van der Waals surface area contributed by atoms with Gasteiger partial charge in [0.05, 0.1) is 11.0 Å². The van der Waals surface area contributed by atoms with Crippen LogP contribution in [0.3, 0.4) is 0 Å². The second kappa shape index (κ2) is 7.40. The molecule has 0 aliphatic heterocycles. The molecule has 1 rings (SSSR count). The van der Waals surface area contributed by atoms with Gasteiger partial charge in [-0.15, -0.1) is 11.3 Å². The Kier molecular flexibility index (Phi) is 6.15. The molecule has 3 N–H and O–H groups in total. The van der Waals surface area contributed by atoms with E-state index in [0.29, 0.717) is 6.54 Å². The molecule has 96 valence electrons. The topological polar surface area (TPSA) is 68.0 Å². The van der Waals surface area contributed by atoms with E-state index in [1.54, 1.807) is 11.3 Å². The lowest BCUT2D eigenvalue weighted by molar-refractivity contribution is -0.122. The van der Waals surface area contributed by atoms with Gasteiger partial charge in [-0.1, -0.05) is 19.8 Å². The van der Waals surface area contributed by atoms with Crippen LogP contribution in [0.2, 0.25) is 0 Å². The van der Waals surface area contributed by atoms with Crippen LogP contribution in [-0.2, 0) is 11.2 Å². The highest BCUT2D eigenvalue weighted by molar-refractivity contribution is 7.09. The second-order valence-corrected chi connectivity index (χ2v) is 5.12. The van der Waals surface area contributed by atoms with E-state index in [1.807, 2.05) is 12.3 Å². The molecule has 17 heavy (non-hydrogen) atoms. The Labute approximate surface area is 107 Å². The summed E-state index contributed by atoms with van der Waals surface area (Å²) in [4.78, 5) is 15.9. The van der Waals surface area contributed by atoms with Crippen molar-refractivity contribution >= 4 is 17.2 Å². The first-order valence-corrected chi connectivity index (χ1v) is 6.95. The number of thiazole rings is 1. The first kappa shape index (κ1) is 14.1. The van der Waals surface area contributed by atoms with E-state index in [0.717, 1.165) is 36.4 Å². The predicted molar refractivity (Wildman–Crippen MR) is 71.1 cm³/mol. The molecule has 1 aromatic rings. The number of carbonyl (C=O) groups excluding carboxylic acids is 1. The molecule has 0 bridgehead atoms. The number of unbranched alkanes of at least 4 members (excludes halogenated alkanes) is 1. The van der Waals surface area contributed by atoms with Gasteiger partial charge in [-0.05, 0) is 13.3 Å². The SMILES string of the molecule is CCCCC(N)C(=O)NCCc1nc(C)cs1. The summed E-state index contributed by atoms with van der Waals surface area (Å²) >= 11 is 1.63. The van der Waals surface area contributed by atoms with E-state index in [1.165, 1.54) is 0 Å². The zero-order valence-electron chi connectivity index (χ0n) is 10.5. The number of hydrogen-bond acceptors (Lipinski definition) is 4. The summed E-state index contributed by atoms with van der Waals surface area (Å²) in [6.07, 6.45) is 3.61. The summed E-state index contributed by atoms with van der Waals surface area (Å²) < 4.78 is 0. The van der Waals surface area contributed by atoms with E-state index in [2.05, 4.69) is 17.2 Å². The molecule has 1 unspecified atom stereocenters. The first-order valence-electron chi connectivity index (χ1n) is 6.07. The van der Waals surface area contributed by atoms with Gasteiger partial charge in [0.1, 0.15) is 0 Å². The van der Waals surface area contributed by atoms with E-state index >= 15 is 0 Å². The molecule has 0 radical (unpaired) electrons. The van der Waals surface area contributed by atoms with Crippen molar-refractivity contribution in [2.75, 3.05) is 6.54 Å². The third kappa shape index (κ3) is 5.28. The highest BCUT2D eigenvalue weighted by Gasteiger charge is 2.11. The van der Waals surface area contributed by atoms with Crippen molar-refractivity contribution in [3.05, 3.63) is 16.1 Å². The minimum atomic E-state index is -0.368. The van der Waals surface area contributed by atoms with Crippen LogP contribution in [0.1, 0.15) is 36.9 Å². The zero-order valence-corrected chi connectivity index (χ0v) is 11.3. The van der Waals surface area contributed by atoms with Gasteiger partial charge in [0.2, 0.25) is 5.91 Å². The number of nitrogens with zero attached hydrogens (tertiary/aromatic N) is 1. The average Bonchev–Trinajstić information content (AvgIpc) is 2.71. The van der Waals surface area contributed by atoms with Gasteiger partial charge >= 0.3 is 0 Å². The van der Waals surface area contributed by atoms with E-state index in [-0.39, 0.29) is 11.9 Å². The summed E-state index contributed by atoms with van der Waals surface area (Å²) in [5, 5.41) is 5.93. The quantitative estimate of drug-likeness (QED) is 0.778. The Bertz CT molecular complexity index is 351. The summed E-state index contributed by atoms with van der Waals surface area (Å²) in [6, 6.07) is -0.368. The van der Waals surface area contributed by atoms with Crippen molar-refractivity contribution in [1.82, 2.24) is 10.3 Å². The van der Waals surface area contributed by atoms with Crippen LogP contribution >= 0.6 is 11.3 Å². The number of hydrogen-bond donors (Lipinski definition) is 2. The molecule has 5 heteroatoms. The molecule has 4 nitrogen and oxygen atoms in total. The normalized spacial score (nSPS) is 12.4. The van der Waals surface area contributed by atoms with Gasteiger partial charge in [-0.2, -0.15) is 0 Å². The van der Waals surface area contributed by atoms with Crippen LogP contribution in [0.4, 0.5) is 0 Å².